The molecule has 1 aromatic heterocycles. The molecular weight excluding hydrogens is 298 g/mol. The summed E-state index contributed by atoms with van der Waals surface area (Å²) in [6.07, 6.45) is 2.93. The third-order valence-corrected chi connectivity index (χ3v) is 3.54. The van der Waals surface area contributed by atoms with Gasteiger partial charge in [0.05, 0.1) is 6.54 Å². The number of carboxylic acid groups (broad SMARTS) is 1. The van der Waals surface area contributed by atoms with Gasteiger partial charge in [-0.15, -0.1) is 0 Å². The topological polar surface area (TPSA) is 83.0 Å². The van der Waals surface area contributed by atoms with Crippen LogP contribution in [0.3, 0.4) is 0 Å². The van der Waals surface area contributed by atoms with Crippen LogP contribution in [0.4, 0.5) is 4.79 Å². The van der Waals surface area contributed by atoms with E-state index in [1.165, 1.54) is 4.90 Å². The standard InChI is InChI=1S/C16H23N3O4/c1-16(2,3)23-15(22)19-8-7-18(13(11-19)14(20)21)10-12-5-4-6-17-9-12/h4-6,9,13H,7-8,10-11H2,1-3H3,(H,20,21)/t13-/m1/s1. The first-order valence-corrected chi connectivity index (χ1v) is 7.60. The quantitative estimate of drug-likeness (QED) is 0.910. The second kappa shape index (κ2) is 6.95. The Morgan fingerprint density at radius 2 is 2.13 bits per heavy atom. The van der Waals surface area contributed by atoms with Crippen LogP contribution in [-0.2, 0) is 16.1 Å². The highest BCUT2D eigenvalue weighted by Gasteiger charge is 2.35. The molecule has 0 spiro atoms. The zero-order valence-electron chi connectivity index (χ0n) is 13.7. The van der Waals surface area contributed by atoms with E-state index in [1.807, 2.05) is 17.0 Å². The molecule has 1 amide bonds. The van der Waals surface area contributed by atoms with Crippen LogP contribution in [0.5, 0.6) is 0 Å². The molecule has 7 nitrogen and oxygen atoms in total. The number of pyridine rings is 1. The summed E-state index contributed by atoms with van der Waals surface area (Å²) in [6.45, 7) is 6.90. The number of carboxylic acids is 1. The highest BCUT2D eigenvalue weighted by molar-refractivity contribution is 5.76. The van der Waals surface area contributed by atoms with E-state index < -0.39 is 23.7 Å². The number of amides is 1. The molecule has 1 fully saturated rings. The zero-order chi connectivity index (χ0) is 17.0. The van der Waals surface area contributed by atoms with Gasteiger partial charge in [0.25, 0.3) is 0 Å². The minimum atomic E-state index is -0.942. The van der Waals surface area contributed by atoms with Crippen molar-refractivity contribution >= 4 is 12.1 Å². The second-order valence-corrected chi connectivity index (χ2v) is 6.61. The summed E-state index contributed by atoms with van der Waals surface area (Å²) in [5.74, 6) is -0.942. The molecule has 0 saturated carbocycles. The monoisotopic (exact) mass is 321 g/mol. The summed E-state index contributed by atoms with van der Waals surface area (Å²) < 4.78 is 5.32. The van der Waals surface area contributed by atoms with Gasteiger partial charge in [-0.05, 0) is 32.4 Å². The van der Waals surface area contributed by atoms with E-state index in [1.54, 1.807) is 33.2 Å². The molecule has 1 atom stereocenters. The highest BCUT2D eigenvalue weighted by Crippen LogP contribution is 2.17. The Morgan fingerprint density at radius 3 is 2.70 bits per heavy atom. The Hall–Kier alpha value is -2.15. The van der Waals surface area contributed by atoms with Crippen LogP contribution in [0.15, 0.2) is 24.5 Å². The maximum atomic E-state index is 12.1. The Bertz CT molecular complexity index is 556. The molecule has 2 heterocycles. The SMILES string of the molecule is CC(C)(C)OC(=O)N1CCN(Cc2cccnc2)[C@@H](C(=O)O)C1. The lowest BCUT2D eigenvalue weighted by Gasteiger charge is -2.39. The van der Waals surface area contributed by atoms with Crippen LogP contribution in [0.2, 0.25) is 0 Å². The van der Waals surface area contributed by atoms with Crippen LogP contribution in [0.1, 0.15) is 26.3 Å². The first kappa shape index (κ1) is 17.2. The van der Waals surface area contributed by atoms with Crippen molar-refractivity contribution < 1.29 is 19.4 Å². The van der Waals surface area contributed by atoms with Gasteiger partial charge >= 0.3 is 12.1 Å². The van der Waals surface area contributed by atoms with Gasteiger partial charge in [-0.1, -0.05) is 6.07 Å². The fourth-order valence-electron chi connectivity index (χ4n) is 2.46. The Morgan fingerprint density at radius 1 is 1.39 bits per heavy atom. The van der Waals surface area contributed by atoms with Crippen LogP contribution < -0.4 is 0 Å². The van der Waals surface area contributed by atoms with Crippen molar-refractivity contribution in [3.05, 3.63) is 30.1 Å². The third kappa shape index (κ3) is 4.92. The molecule has 7 heteroatoms. The number of nitrogens with zero attached hydrogens (tertiary/aromatic N) is 3. The summed E-state index contributed by atoms with van der Waals surface area (Å²) in [5.41, 5.74) is 0.354. The molecule has 0 bridgehead atoms. The van der Waals surface area contributed by atoms with E-state index in [4.69, 9.17) is 4.74 Å². The van der Waals surface area contributed by atoms with Crippen LogP contribution in [0.25, 0.3) is 0 Å². The largest absolute Gasteiger partial charge is 0.480 e. The van der Waals surface area contributed by atoms with Gasteiger partial charge in [0.2, 0.25) is 0 Å². The van der Waals surface area contributed by atoms with E-state index in [0.29, 0.717) is 19.6 Å². The number of hydrogen-bond donors (Lipinski definition) is 1. The maximum absolute atomic E-state index is 12.1. The number of carbonyl (C=O) groups excluding carboxylic acids is 1. The number of piperazine rings is 1. The summed E-state index contributed by atoms with van der Waals surface area (Å²) in [6, 6.07) is 2.98. The molecule has 0 aromatic carbocycles. The van der Waals surface area contributed by atoms with Gasteiger partial charge in [-0.2, -0.15) is 0 Å². The molecular formula is C16H23N3O4. The average molecular weight is 321 g/mol. The second-order valence-electron chi connectivity index (χ2n) is 6.61. The predicted molar refractivity (Wildman–Crippen MR) is 83.9 cm³/mol. The smallest absolute Gasteiger partial charge is 0.410 e. The number of hydrogen-bond acceptors (Lipinski definition) is 5. The summed E-state index contributed by atoms with van der Waals surface area (Å²) in [4.78, 5) is 31.1. The normalized spacial score (nSPS) is 19.4. The van der Waals surface area contributed by atoms with Gasteiger partial charge in [-0.25, -0.2) is 4.79 Å². The fourth-order valence-corrected chi connectivity index (χ4v) is 2.46. The molecule has 23 heavy (non-hydrogen) atoms. The minimum absolute atomic E-state index is 0.116. The summed E-state index contributed by atoms with van der Waals surface area (Å²) in [5, 5.41) is 9.48. The van der Waals surface area contributed by atoms with Crippen molar-refractivity contribution in [2.24, 2.45) is 0 Å². The Labute approximate surface area is 135 Å². The average Bonchev–Trinajstić information content (AvgIpc) is 2.46. The zero-order valence-corrected chi connectivity index (χ0v) is 13.7. The predicted octanol–water partition coefficient (Wildman–Crippen LogP) is 1.59. The summed E-state index contributed by atoms with van der Waals surface area (Å²) in [7, 11) is 0. The van der Waals surface area contributed by atoms with Gasteiger partial charge in [0.1, 0.15) is 11.6 Å². The van der Waals surface area contributed by atoms with Crippen LogP contribution in [-0.4, -0.2) is 63.2 Å². The minimum Gasteiger partial charge on any atom is -0.480 e. The molecule has 1 saturated heterocycles. The first-order chi connectivity index (χ1) is 10.8. The molecule has 1 N–H and O–H groups in total. The van der Waals surface area contributed by atoms with E-state index in [0.717, 1.165) is 5.56 Å². The molecule has 2 rings (SSSR count). The van der Waals surface area contributed by atoms with Crippen molar-refractivity contribution in [3.8, 4) is 0 Å². The van der Waals surface area contributed by atoms with Gasteiger partial charge in [0, 0.05) is 32.0 Å². The number of aliphatic carboxylic acids is 1. The number of ether oxygens (including phenoxy) is 1. The van der Waals surface area contributed by atoms with E-state index in [2.05, 4.69) is 4.98 Å². The van der Waals surface area contributed by atoms with Crippen LogP contribution >= 0.6 is 0 Å². The number of aromatic nitrogens is 1. The lowest BCUT2D eigenvalue weighted by molar-refractivity contribution is -0.145. The molecule has 0 radical (unpaired) electrons. The molecule has 1 aliphatic heterocycles. The van der Waals surface area contributed by atoms with Crippen molar-refractivity contribution in [2.45, 2.75) is 39.0 Å². The molecule has 0 unspecified atom stereocenters. The molecule has 126 valence electrons. The lowest BCUT2D eigenvalue weighted by Crippen LogP contribution is -2.57. The van der Waals surface area contributed by atoms with Gasteiger partial charge in [-0.3, -0.25) is 14.7 Å². The van der Waals surface area contributed by atoms with Crippen molar-refractivity contribution in [1.82, 2.24) is 14.8 Å². The first-order valence-electron chi connectivity index (χ1n) is 7.60. The Kier molecular flexibility index (Phi) is 5.20. The van der Waals surface area contributed by atoms with E-state index >= 15 is 0 Å². The Balaban J connectivity index is 2.03. The van der Waals surface area contributed by atoms with Crippen LogP contribution in [0, 0.1) is 0 Å². The molecule has 0 aliphatic carbocycles. The third-order valence-electron chi connectivity index (χ3n) is 3.54. The van der Waals surface area contributed by atoms with E-state index in [9.17, 15) is 14.7 Å². The summed E-state index contributed by atoms with van der Waals surface area (Å²) >= 11 is 0. The van der Waals surface area contributed by atoms with E-state index in [-0.39, 0.29) is 6.54 Å². The van der Waals surface area contributed by atoms with Crippen molar-refractivity contribution in [2.75, 3.05) is 19.6 Å². The van der Waals surface area contributed by atoms with Crippen molar-refractivity contribution in [1.29, 1.82) is 0 Å². The van der Waals surface area contributed by atoms with Crippen molar-refractivity contribution in [3.63, 3.8) is 0 Å². The molecule has 1 aromatic rings. The number of carbonyl (C=O) groups is 2. The lowest BCUT2D eigenvalue weighted by atomic mass is 10.1. The fraction of sp³-hybridized carbons (Fsp3) is 0.562. The highest BCUT2D eigenvalue weighted by atomic mass is 16.6. The van der Waals surface area contributed by atoms with Gasteiger partial charge < -0.3 is 14.7 Å². The number of rotatable bonds is 3. The molecule has 1 aliphatic rings. The van der Waals surface area contributed by atoms with Gasteiger partial charge in [0.15, 0.2) is 0 Å². The maximum Gasteiger partial charge on any atom is 0.410 e.